The van der Waals surface area contributed by atoms with Crippen molar-refractivity contribution in [3.8, 4) is 11.5 Å². The van der Waals surface area contributed by atoms with E-state index in [0.717, 1.165) is 47.5 Å². The molecule has 20 heavy (non-hydrogen) atoms. The van der Waals surface area contributed by atoms with Gasteiger partial charge in [0.15, 0.2) is 11.5 Å². The highest BCUT2D eigenvalue weighted by Gasteiger charge is 2.41. The Kier molecular flexibility index (Phi) is 3.69. The third kappa shape index (κ3) is 2.95. The van der Waals surface area contributed by atoms with Crippen LogP contribution >= 0.6 is 15.9 Å². The van der Waals surface area contributed by atoms with Crippen LogP contribution in [0.5, 0.6) is 11.5 Å². The number of benzene rings is 1. The van der Waals surface area contributed by atoms with E-state index < -0.39 is 5.60 Å². The Labute approximate surface area is 127 Å². The first-order chi connectivity index (χ1) is 9.49. The van der Waals surface area contributed by atoms with Crippen molar-refractivity contribution in [3.05, 3.63) is 22.2 Å². The second-order valence-electron chi connectivity index (χ2n) is 5.96. The average molecular weight is 342 g/mol. The SMILES string of the molecule is COc1cc(Br)cc(CC2(O)CC2)c1OC1CN(C)C1. The molecular formula is C15H20BrNO3. The maximum Gasteiger partial charge on any atom is 0.165 e. The van der Waals surface area contributed by atoms with Crippen LogP contribution in [-0.4, -0.2) is 49.0 Å². The van der Waals surface area contributed by atoms with Crippen LogP contribution in [0.25, 0.3) is 0 Å². The lowest BCUT2D eigenvalue weighted by atomic mass is 10.0. The third-order valence-electron chi connectivity index (χ3n) is 3.98. The minimum absolute atomic E-state index is 0.211. The van der Waals surface area contributed by atoms with E-state index in [0.29, 0.717) is 6.42 Å². The van der Waals surface area contributed by atoms with Crippen molar-refractivity contribution in [1.82, 2.24) is 4.90 Å². The molecule has 1 heterocycles. The Morgan fingerprint density at radius 1 is 1.40 bits per heavy atom. The average Bonchev–Trinajstić information content (AvgIpc) is 3.07. The number of hydrogen-bond donors (Lipinski definition) is 1. The van der Waals surface area contributed by atoms with Crippen LogP contribution in [0.15, 0.2) is 16.6 Å². The second kappa shape index (κ2) is 5.20. The molecule has 1 saturated carbocycles. The number of halogens is 1. The minimum atomic E-state index is -0.541. The van der Waals surface area contributed by atoms with Crippen molar-refractivity contribution in [3.63, 3.8) is 0 Å². The zero-order valence-corrected chi connectivity index (χ0v) is 13.4. The number of rotatable bonds is 5. The Morgan fingerprint density at radius 2 is 2.10 bits per heavy atom. The van der Waals surface area contributed by atoms with Gasteiger partial charge in [-0.2, -0.15) is 0 Å². The summed E-state index contributed by atoms with van der Waals surface area (Å²) in [6, 6.07) is 3.94. The Morgan fingerprint density at radius 3 is 2.65 bits per heavy atom. The van der Waals surface area contributed by atoms with Crippen molar-refractivity contribution in [2.75, 3.05) is 27.2 Å². The van der Waals surface area contributed by atoms with E-state index >= 15 is 0 Å². The van der Waals surface area contributed by atoms with Crippen molar-refractivity contribution >= 4 is 15.9 Å². The van der Waals surface area contributed by atoms with E-state index in [1.54, 1.807) is 7.11 Å². The molecule has 2 fully saturated rings. The molecule has 0 radical (unpaired) electrons. The maximum atomic E-state index is 10.2. The van der Waals surface area contributed by atoms with Crippen LogP contribution in [0.3, 0.4) is 0 Å². The fraction of sp³-hybridized carbons (Fsp3) is 0.600. The van der Waals surface area contributed by atoms with E-state index in [1.165, 1.54) is 0 Å². The monoisotopic (exact) mass is 341 g/mol. The molecule has 3 rings (SSSR count). The second-order valence-corrected chi connectivity index (χ2v) is 6.87. The number of ether oxygens (including phenoxy) is 2. The number of methoxy groups -OCH3 is 1. The minimum Gasteiger partial charge on any atom is -0.493 e. The fourth-order valence-electron chi connectivity index (χ4n) is 2.60. The highest BCUT2D eigenvalue weighted by Crippen LogP contribution is 2.44. The number of aliphatic hydroxyl groups is 1. The van der Waals surface area contributed by atoms with Crippen LogP contribution in [0.4, 0.5) is 0 Å². The molecule has 0 atom stereocenters. The van der Waals surface area contributed by atoms with Crippen molar-refractivity contribution in [1.29, 1.82) is 0 Å². The lowest BCUT2D eigenvalue weighted by Gasteiger charge is -2.36. The first kappa shape index (κ1) is 14.2. The zero-order chi connectivity index (χ0) is 14.3. The molecule has 110 valence electrons. The summed E-state index contributed by atoms with van der Waals surface area (Å²) >= 11 is 3.50. The summed E-state index contributed by atoms with van der Waals surface area (Å²) < 4.78 is 12.5. The first-order valence-electron chi connectivity index (χ1n) is 6.93. The largest absolute Gasteiger partial charge is 0.493 e. The fourth-order valence-corrected chi connectivity index (χ4v) is 3.08. The summed E-state index contributed by atoms with van der Waals surface area (Å²) in [6.07, 6.45) is 2.57. The molecule has 1 saturated heterocycles. The van der Waals surface area contributed by atoms with E-state index in [2.05, 4.69) is 27.9 Å². The smallest absolute Gasteiger partial charge is 0.165 e. The number of hydrogen-bond acceptors (Lipinski definition) is 4. The van der Waals surface area contributed by atoms with Gasteiger partial charge in [0.05, 0.1) is 12.7 Å². The number of nitrogens with zero attached hydrogens (tertiary/aromatic N) is 1. The van der Waals surface area contributed by atoms with Gasteiger partial charge in [0.25, 0.3) is 0 Å². The van der Waals surface area contributed by atoms with Gasteiger partial charge < -0.3 is 14.6 Å². The summed E-state index contributed by atoms with van der Waals surface area (Å²) in [6.45, 7) is 1.87. The molecule has 2 aliphatic rings. The molecule has 5 heteroatoms. The van der Waals surface area contributed by atoms with E-state index in [9.17, 15) is 5.11 Å². The molecule has 1 aliphatic heterocycles. The van der Waals surface area contributed by atoms with Crippen LogP contribution in [-0.2, 0) is 6.42 Å². The van der Waals surface area contributed by atoms with Gasteiger partial charge in [-0.25, -0.2) is 0 Å². The summed E-state index contributed by atoms with van der Waals surface area (Å²) in [5.74, 6) is 1.52. The van der Waals surface area contributed by atoms with E-state index in [1.807, 2.05) is 12.1 Å². The normalized spacial score (nSPS) is 21.4. The van der Waals surface area contributed by atoms with Gasteiger partial charge in [-0.1, -0.05) is 15.9 Å². The molecule has 0 spiro atoms. The van der Waals surface area contributed by atoms with Crippen molar-refractivity contribution < 1.29 is 14.6 Å². The third-order valence-corrected chi connectivity index (χ3v) is 4.44. The van der Waals surface area contributed by atoms with Gasteiger partial charge in [-0.3, -0.25) is 4.90 Å². The van der Waals surface area contributed by atoms with Crippen molar-refractivity contribution in [2.24, 2.45) is 0 Å². The lowest BCUT2D eigenvalue weighted by Crippen LogP contribution is -2.51. The molecule has 1 aliphatic carbocycles. The summed E-state index contributed by atoms with van der Waals surface area (Å²) in [5.41, 5.74) is 0.478. The molecule has 0 aromatic heterocycles. The number of likely N-dealkylation sites (N-methyl/N-ethyl adjacent to an activating group) is 1. The Hall–Kier alpha value is -0.780. The molecule has 0 amide bonds. The van der Waals surface area contributed by atoms with Crippen LogP contribution in [0, 0.1) is 0 Å². The number of likely N-dealkylation sites (tertiary alicyclic amines) is 1. The van der Waals surface area contributed by atoms with Gasteiger partial charge in [0, 0.05) is 29.5 Å². The predicted octanol–water partition coefficient (Wildman–Crippen LogP) is 2.22. The lowest BCUT2D eigenvalue weighted by molar-refractivity contribution is 0.0355. The van der Waals surface area contributed by atoms with Gasteiger partial charge in [-0.05, 0) is 32.0 Å². The highest BCUT2D eigenvalue weighted by atomic mass is 79.9. The van der Waals surface area contributed by atoms with Gasteiger partial charge >= 0.3 is 0 Å². The predicted molar refractivity (Wildman–Crippen MR) is 80.5 cm³/mol. The van der Waals surface area contributed by atoms with Gasteiger partial charge in [0.1, 0.15) is 6.10 Å². The first-order valence-corrected chi connectivity index (χ1v) is 7.72. The van der Waals surface area contributed by atoms with Crippen LogP contribution < -0.4 is 9.47 Å². The molecule has 1 N–H and O–H groups in total. The van der Waals surface area contributed by atoms with Gasteiger partial charge in [0.2, 0.25) is 0 Å². The van der Waals surface area contributed by atoms with Gasteiger partial charge in [-0.15, -0.1) is 0 Å². The quantitative estimate of drug-likeness (QED) is 0.891. The summed E-state index contributed by atoms with van der Waals surface area (Å²) in [4.78, 5) is 2.21. The molecule has 0 bridgehead atoms. The summed E-state index contributed by atoms with van der Waals surface area (Å²) in [5, 5.41) is 10.2. The maximum absolute atomic E-state index is 10.2. The molecule has 1 aromatic carbocycles. The highest BCUT2D eigenvalue weighted by molar-refractivity contribution is 9.10. The Balaban J connectivity index is 1.86. The van der Waals surface area contributed by atoms with E-state index in [-0.39, 0.29) is 6.10 Å². The topological polar surface area (TPSA) is 41.9 Å². The Bertz CT molecular complexity index is 510. The summed E-state index contributed by atoms with van der Waals surface area (Å²) in [7, 11) is 3.73. The molecule has 0 unspecified atom stereocenters. The van der Waals surface area contributed by atoms with Crippen LogP contribution in [0.1, 0.15) is 18.4 Å². The van der Waals surface area contributed by atoms with Crippen LogP contribution in [0.2, 0.25) is 0 Å². The zero-order valence-electron chi connectivity index (χ0n) is 11.9. The van der Waals surface area contributed by atoms with Crippen molar-refractivity contribution in [2.45, 2.75) is 31.0 Å². The van der Waals surface area contributed by atoms with E-state index in [4.69, 9.17) is 9.47 Å². The molecule has 1 aromatic rings. The standard InChI is InChI=1S/C15H20BrNO3/c1-17-8-12(9-17)20-14-10(7-15(18)3-4-15)5-11(16)6-13(14)19-2/h5-6,12,18H,3-4,7-9H2,1-2H3. The molecule has 4 nitrogen and oxygen atoms in total. The molecular weight excluding hydrogens is 322 g/mol.